The van der Waals surface area contributed by atoms with Crippen LogP contribution in [0.1, 0.15) is 36.0 Å². The lowest BCUT2D eigenvalue weighted by Gasteiger charge is -2.27. The summed E-state index contributed by atoms with van der Waals surface area (Å²) in [5.41, 5.74) is 1.36. The average molecular weight is 485 g/mol. The van der Waals surface area contributed by atoms with E-state index in [-0.39, 0.29) is 24.6 Å². The Labute approximate surface area is 206 Å². The van der Waals surface area contributed by atoms with Gasteiger partial charge in [-0.1, -0.05) is 42.5 Å². The molecule has 1 heterocycles. The molecule has 0 aliphatic carbocycles. The minimum atomic E-state index is -0.888. The summed E-state index contributed by atoms with van der Waals surface area (Å²) in [5.74, 6) is -0.358. The van der Waals surface area contributed by atoms with Crippen LogP contribution in [0.5, 0.6) is 0 Å². The van der Waals surface area contributed by atoms with E-state index in [1.54, 1.807) is 11.0 Å². The quantitative estimate of drug-likeness (QED) is 0.289. The number of aryl methyl sites for hydroxylation is 1. The topological polar surface area (TPSA) is 45.9 Å². The second-order valence-electron chi connectivity index (χ2n) is 8.54. The van der Waals surface area contributed by atoms with Crippen LogP contribution in [0.3, 0.4) is 0 Å². The minimum absolute atomic E-state index is 0.0799. The van der Waals surface area contributed by atoms with Crippen LogP contribution in [0.2, 0.25) is 0 Å². The molecule has 0 unspecified atom stereocenters. The molecule has 0 saturated heterocycles. The standard InChI is InChI=1S/C28H34F2N2O3/c1-3-34-18-8-16-31(19-24-11-7-12-26(29)28(24)30)21-27(33)32(20-25-14-13-22(2)35-25)17-15-23-9-5-4-6-10-23/h4-7,9-14H,3,8,15-21H2,1-2H3. The second-order valence-corrected chi connectivity index (χ2v) is 8.54. The number of hydrogen-bond donors (Lipinski definition) is 0. The summed E-state index contributed by atoms with van der Waals surface area (Å²) >= 11 is 0. The largest absolute Gasteiger partial charge is 0.464 e. The molecule has 3 rings (SSSR count). The predicted octanol–water partition coefficient (Wildman–Crippen LogP) is 5.37. The molecule has 188 valence electrons. The van der Waals surface area contributed by atoms with Gasteiger partial charge in [-0.05, 0) is 50.5 Å². The van der Waals surface area contributed by atoms with Crippen LogP contribution < -0.4 is 0 Å². The first-order chi connectivity index (χ1) is 17.0. The van der Waals surface area contributed by atoms with Crippen molar-refractivity contribution >= 4 is 5.91 Å². The number of nitrogens with zero attached hydrogens (tertiary/aromatic N) is 2. The van der Waals surface area contributed by atoms with Crippen molar-refractivity contribution < 1.29 is 22.7 Å². The van der Waals surface area contributed by atoms with Crippen LogP contribution in [-0.2, 0) is 29.0 Å². The van der Waals surface area contributed by atoms with Crippen LogP contribution in [0.25, 0.3) is 0 Å². The summed E-state index contributed by atoms with van der Waals surface area (Å²) in [4.78, 5) is 17.1. The normalized spacial score (nSPS) is 11.2. The van der Waals surface area contributed by atoms with Gasteiger partial charge in [-0.2, -0.15) is 0 Å². The van der Waals surface area contributed by atoms with Gasteiger partial charge in [-0.25, -0.2) is 8.78 Å². The molecule has 0 spiro atoms. The van der Waals surface area contributed by atoms with Crippen molar-refractivity contribution in [2.45, 2.75) is 39.8 Å². The van der Waals surface area contributed by atoms with E-state index in [2.05, 4.69) is 0 Å². The molecule has 35 heavy (non-hydrogen) atoms. The number of hydrogen-bond acceptors (Lipinski definition) is 4. The van der Waals surface area contributed by atoms with Gasteiger partial charge in [0.1, 0.15) is 11.5 Å². The first kappa shape index (κ1) is 26.6. The molecule has 0 bridgehead atoms. The third-order valence-electron chi connectivity index (χ3n) is 5.76. The number of benzene rings is 2. The van der Waals surface area contributed by atoms with Gasteiger partial charge in [-0.3, -0.25) is 9.69 Å². The van der Waals surface area contributed by atoms with Crippen molar-refractivity contribution in [3.8, 4) is 0 Å². The Kier molecular flexibility index (Phi) is 10.4. The van der Waals surface area contributed by atoms with E-state index in [0.29, 0.717) is 51.4 Å². The van der Waals surface area contributed by atoms with Crippen LogP contribution in [0, 0.1) is 18.6 Å². The van der Waals surface area contributed by atoms with E-state index in [1.807, 2.05) is 61.2 Å². The Morgan fingerprint density at radius 2 is 1.77 bits per heavy atom. The maximum absolute atomic E-state index is 14.4. The maximum Gasteiger partial charge on any atom is 0.237 e. The molecule has 0 N–H and O–H groups in total. The summed E-state index contributed by atoms with van der Waals surface area (Å²) in [5, 5.41) is 0. The highest BCUT2D eigenvalue weighted by Gasteiger charge is 2.21. The van der Waals surface area contributed by atoms with Crippen LogP contribution >= 0.6 is 0 Å². The van der Waals surface area contributed by atoms with Crippen LogP contribution in [0.4, 0.5) is 8.78 Å². The highest BCUT2D eigenvalue weighted by Crippen LogP contribution is 2.16. The number of halogens is 2. The number of carbonyl (C=O) groups excluding carboxylic acids is 1. The Hall–Kier alpha value is -3.03. The number of carbonyl (C=O) groups is 1. The van der Waals surface area contributed by atoms with E-state index >= 15 is 0 Å². The van der Waals surface area contributed by atoms with Crippen molar-refractivity contribution in [3.05, 3.63) is 94.9 Å². The van der Waals surface area contributed by atoms with Gasteiger partial charge in [0.25, 0.3) is 0 Å². The monoisotopic (exact) mass is 484 g/mol. The fourth-order valence-electron chi connectivity index (χ4n) is 3.91. The second kappa shape index (κ2) is 13.8. The van der Waals surface area contributed by atoms with Crippen LogP contribution in [0.15, 0.2) is 65.1 Å². The van der Waals surface area contributed by atoms with Crippen molar-refractivity contribution in [2.75, 3.05) is 32.8 Å². The first-order valence-corrected chi connectivity index (χ1v) is 12.1. The summed E-state index contributed by atoms with van der Waals surface area (Å²) in [7, 11) is 0. The van der Waals surface area contributed by atoms with E-state index < -0.39 is 11.6 Å². The summed E-state index contributed by atoms with van der Waals surface area (Å²) < 4.78 is 39.3. The van der Waals surface area contributed by atoms with Gasteiger partial charge in [0.05, 0.1) is 13.1 Å². The van der Waals surface area contributed by atoms with Crippen molar-refractivity contribution in [1.29, 1.82) is 0 Å². The highest BCUT2D eigenvalue weighted by atomic mass is 19.2. The van der Waals surface area contributed by atoms with Crippen molar-refractivity contribution in [3.63, 3.8) is 0 Å². The van der Waals surface area contributed by atoms with Gasteiger partial charge < -0.3 is 14.1 Å². The molecule has 2 aromatic carbocycles. The lowest BCUT2D eigenvalue weighted by molar-refractivity contribution is -0.133. The zero-order valence-electron chi connectivity index (χ0n) is 20.5. The van der Waals surface area contributed by atoms with E-state index in [4.69, 9.17) is 9.15 Å². The molecule has 1 amide bonds. The summed E-state index contributed by atoms with van der Waals surface area (Å²) in [6.45, 7) is 6.53. The Morgan fingerprint density at radius 1 is 0.971 bits per heavy atom. The highest BCUT2D eigenvalue weighted by molar-refractivity contribution is 5.78. The molecule has 0 saturated carbocycles. The number of furan rings is 1. The molecule has 0 fully saturated rings. The third kappa shape index (κ3) is 8.60. The zero-order valence-corrected chi connectivity index (χ0v) is 20.5. The van der Waals surface area contributed by atoms with Crippen molar-refractivity contribution in [1.82, 2.24) is 9.80 Å². The predicted molar refractivity (Wildman–Crippen MR) is 132 cm³/mol. The Bertz CT molecular complexity index is 1060. The third-order valence-corrected chi connectivity index (χ3v) is 5.76. The van der Waals surface area contributed by atoms with E-state index in [9.17, 15) is 13.6 Å². The van der Waals surface area contributed by atoms with Gasteiger partial charge in [0.15, 0.2) is 11.6 Å². The summed E-state index contributed by atoms with van der Waals surface area (Å²) in [6.07, 6.45) is 1.38. The lowest BCUT2D eigenvalue weighted by atomic mass is 10.1. The lowest BCUT2D eigenvalue weighted by Crippen LogP contribution is -2.41. The van der Waals surface area contributed by atoms with E-state index in [1.165, 1.54) is 6.07 Å². The molecular formula is C28H34F2N2O3. The molecule has 0 radical (unpaired) electrons. The fraction of sp³-hybridized carbons (Fsp3) is 0.393. The molecule has 7 heteroatoms. The summed E-state index contributed by atoms with van der Waals surface area (Å²) in [6, 6.07) is 17.9. The molecular weight excluding hydrogens is 450 g/mol. The molecule has 5 nitrogen and oxygen atoms in total. The van der Waals surface area contributed by atoms with Crippen LogP contribution in [-0.4, -0.2) is 48.6 Å². The SMILES string of the molecule is CCOCCCN(CC(=O)N(CCc1ccccc1)Cc1ccc(C)o1)Cc1cccc(F)c1F. The van der Waals surface area contributed by atoms with Gasteiger partial charge in [0, 0.05) is 38.4 Å². The average Bonchev–Trinajstić information content (AvgIpc) is 3.27. The molecule has 0 aliphatic rings. The van der Waals surface area contributed by atoms with Gasteiger partial charge in [0.2, 0.25) is 5.91 Å². The smallest absolute Gasteiger partial charge is 0.237 e. The molecule has 1 aromatic heterocycles. The Morgan fingerprint density at radius 3 is 2.49 bits per heavy atom. The molecule has 0 aliphatic heterocycles. The number of rotatable bonds is 14. The Balaban J connectivity index is 1.73. The van der Waals surface area contributed by atoms with Gasteiger partial charge in [-0.15, -0.1) is 0 Å². The van der Waals surface area contributed by atoms with Gasteiger partial charge >= 0.3 is 0 Å². The fourth-order valence-corrected chi connectivity index (χ4v) is 3.91. The zero-order chi connectivity index (χ0) is 25.0. The first-order valence-electron chi connectivity index (χ1n) is 12.1. The molecule has 0 atom stereocenters. The molecule has 3 aromatic rings. The van der Waals surface area contributed by atoms with E-state index in [0.717, 1.165) is 17.4 Å². The maximum atomic E-state index is 14.4. The van der Waals surface area contributed by atoms with Crippen molar-refractivity contribution in [2.24, 2.45) is 0 Å². The number of amides is 1. The number of ether oxygens (including phenoxy) is 1. The minimum Gasteiger partial charge on any atom is -0.464 e.